The van der Waals surface area contributed by atoms with E-state index in [-0.39, 0.29) is 5.57 Å². The van der Waals surface area contributed by atoms with Crippen molar-refractivity contribution < 1.29 is 24.6 Å². The molecule has 0 aromatic rings. The summed E-state index contributed by atoms with van der Waals surface area (Å²) < 4.78 is 0. The van der Waals surface area contributed by atoms with Gasteiger partial charge < -0.3 is 15.5 Å². The van der Waals surface area contributed by atoms with Crippen molar-refractivity contribution >= 4 is 17.8 Å². The molecule has 6 nitrogen and oxygen atoms in total. The maximum absolute atomic E-state index is 10.8. The molecule has 0 rings (SSSR count). The van der Waals surface area contributed by atoms with Gasteiger partial charge in [0.25, 0.3) is 0 Å². The smallest absolute Gasteiger partial charge is 0.338 e. The molecule has 0 spiro atoms. The summed E-state index contributed by atoms with van der Waals surface area (Å²) in [6.07, 6.45) is 0. The van der Waals surface area contributed by atoms with Gasteiger partial charge in [0.1, 0.15) is 0 Å². The zero-order valence-corrected chi connectivity index (χ0v) is 6.90. The molecule has 0 unspecified atom stereocenters. The number of aliphatic carboxylic acids is 2. The third kappa shape index (κ3) is 3.37. The van der Waals surface area contributed by atoms with E-state index in [2.05, 4.69) is 6.58 Å². The molecule has 72 valence electrons. The minimum atomic E-state index is -1.93. The van der Waals surface area contributed by atoms with E-state index in [9.17, 15) is 14.4 Å². The van der Waals surface area contributed by atoms with Gasteiger partial charge in [-0.15, -0.1) is 0 Å². The van der Waals surface area contributed by atoms with E-state index in [1.165, 1.54) is 6.92 Å². The van der Waals surface area contributed by atoms with Crippen molar-refractivity contribution in [3.05, 3.63) is 12.2 Å². The predicted molar refractivity (Wildman–Crippen MR) is 42.0 cm³/mol. The fraction of sp³-hybridized carbons (Fsp3) is 0.286. The Morgan fingerprint density at radius 1 is 1.23 bits per heavy atom. The summed E-state index contributed by atoms with van der Waals surface area (Å²) in [4.78, 5) is 31.4. The number of carbonyl (C=O) groups excluding carboxylic acids is 1. The second-order valence-corrected chi connectivity index (χ2v) is 2.36. The number of carbonyl (C=O) groups is 3. The van der Waals surface area contributed by atoms with Crippen molar-refractivity contribution in [3.63, 3.8) is 0 Å². The molecule has 0 fully saturated rings. The Morgan fingerprint density at radius 3 is 1.85 bits per heavy atom. The first-order chi connectivity index (χ1) is 5.86. The molecule has 0 saturated heterocycles. The second kappa shape index (κ2) is 4.24. The van der Waals surface area contributed by atoms with Crippen LogP contribution in [0.2, 0.25) is 0 Å². The third-order valence-electron chi connectivity index (χ3n) is 1.16. The maximum atomic E-state index is 10.8. The van der Waals surface area contributed by atoms with Gasteiger partial charge in [0.05, 0.1) is 0 Å². The minimum absolute atomic E-state index is 0.0486. The lowest BCUT2D eigenvalue weighted by atomic mass is 10.2. The minimum Gasteiger partial charge on any atom is -0.479 e. The lowest BCUT2D eigenvalue weighted by Gasteiger charge is -2.08. The molecule has 0 bridgehead atoms. The second-order valence-electron chi connectivity index (χ2n) is 2.36. The number of rotatable bonds is 4. The van der Waals surface area contributed by atoms with Crippen LogP contribution < -0.4 is 5.32 Å². The quantitative estimate of drug-likeness (QED) is 0.395. The van der Waals surface area contributed by atoms with Crippen LogP contribution in [0.15, 0.2) is 12.2 Å². The van der Waals surface area contributed by atoms with Crippen LogP contribution in [0.4, 0.5) is 0 Å². The van der Waals surface area contributed by atoms with Crippen LogP contribution in [0.5, 0.6) is 0 Å². The van der Waals surface area contributed by atoms with Gasteiger partial charge in [-0.25, -0.2) is 9.59 Å². The Hall–Kier alpha value is -1.85. The molecular weight excluding hydrogens is 178 g/mol. The van der Waals surface area contributed by atoms with Crippen molar-refractivity contribution in [2.24, 2.45) is 0 Å². The standard InChI is InChI=1S/C7H9NO5/c1-3(2)5(9)8-4(6(10)11)7(12)13/h4H,1H2,2H3,(H,8,9)(H,10,11)(H,12,13). The number of carboxylic acid groups (broad SMARTS) is 2. The van der Waals surface area contributed by atoms with Gasteiger partial charge in [0.15, 0.2) is 0 Å². The molecule has 0 aliphatic carbocycles. The Kier molecular flexibility index (Phi) is 3.64. The molecule has 1 amide bonds. The first-order valence-electron chi connectivity index (χ1n) is 3.28. The highest BCUT2D eigenvalue weighted by Gasteiger charge is 2.27. The van der Waals surface area contributed by atoms with Gasteiger partial charge in [-0.1, -0.05) is 6.58 Å². The Bertz CT molecular complexity index is 256. The van der Waals surface area contributed by atoms with Crippen molar-refractivity contribution in [2.45, 2.75) is 13.0 Å². The summed E-state index contributed by atoms with van der Waals surface area (Å²) >= 11 is 0. The molecule has 0 aliphatic heterocycles. The molecule has 0 aromatic heterocycles. The number of carboxylic acids is 2. The maximum Gasteiger partial charge on any atom is 0.338 e. The van der Waals surface area contributed by atoms with Crippen LogP contribution in [-0.2, 0) is 14.4 Å². The average Bonchev–Trinajstić information content (AvgIpc) is 1.97. The first kappa shape index (κ1) is 11.2. The van der Waals surface area contributed by atoms with E-state index in [1.807, 2.05) is 0 Å². The van der Waals surface area contributed by atoms with E-state index in [1.54, 1.807) is 5.32 Å². The largest absolute Gasteiger partial charge is 0.479 e. The Labute approximate surface area is 73.9 Å². The van der Waals surface area contributed by atoms with Crippen LogP contribution in [-0.4, -0.2) is 34.1 Å². The van der Waals surface area contributed by atoms with Crippen LogP contribution in [0.1, 0.15) is 6.92 Å². The van der Waals surface area contributed by atoms with Gasteiger partial charge >= 0.3 is 11.9 Å². The van der Waals surface area contributed by atoms with E-state index >= 15 is 0 Å². The fourth-order valence-electron chi connectivity index (χ4n) is 0.483. The molecule has 0 atom stereocenters. The van der Waals surface area contributed by atoms with Gasteiger partial charge in [0.2, 0.25) is 11.9 Å². The Balaban J connectivity index is 4.45. The lowest BCUT2D eigenvalue weighted by molar-refractivity contribution is -0.152. The highest BCUT2D eigenvalue weighted by molar-refractivity contribution is 6.03. The van der Waals surface area contributed by atoms with Crippen molar-refractivity contribution in [2.75, 3.05) is 0 Å². The molecule has 3 N–H and O–H groups in total. The molecule has 13 heavy (non-hydrogen) atoms. The summed E-state index contributed by atoms with van der Waals surface area (Å²) in [6.45, 7) is 4.57. The monoisotopic (exact) mass is 187 g/mol. The lowest BCUT2D eigenvalue weighted by Crippen LogP contribution is -2.46. The number of hydrogen-bond acceptors (Lipinski definition) is 3. The summed E-state index contributed by atoms with van der Waals surface area (Å²) in [7, 11) is 0. The molecule has 0 saturated carbocycles. The zero-order chi connectivity index (χ0) is 10.6. The van der Waals surface area contributed by atoms with Crippen LogP contribution in [0.3, 0.4) is 0 Å². The fourth-order valence-corrected chi connectivity index (χ4v) is 0.483. The van der Waals surface area contributed by atoms with Crippen molar-refractivity contribution in [1.82, 2.24) is 5.32 Å². The topological polar surface area (TPSA) is 104 Å². The first-order valence-corrected chi connectivity index (χ1v) is 3.28. The van der Waals surface area contributed by atoms with E-state index in [0.717, 1.165) is 0 Å². The molecule has 0 aliphatic rings. The van der Waals surface area contributed by atoms with Gasteiger partial charge in [-0.05, 0) is 6.92 Å². The van der Waals surface area contributed by atoms with Gasteiger partial charge in [-0.3, -0.25) is 4.79 Å². The highest BCUT2D eigenvalue weighted by Crippen LogP contribution is 1.90. The van der Waals surface area contributed by atoms with Crippen molar-refractivity contribution in [3.8, 4) is 0 Å². The third-order valence-corrected chi connectivity index (χ3v) is 1.16. The average molecular weight is 187 g/mol. The normalized spacial score (nSPS) is 9.38. The SMILES string of the molecule is C=C(C)C(=O)NC(C(=O)O)C(=O)O. The predicted octanol–water partition coefficient (Wildman–Crippen LogP) is -0.783. The molecule has 6 heteroatoms. The molecule has 0 radical (unpaired) electrons. The molecule has 0 heterocycles. The van der Waals surface area contributed by atoms with Crippen LogP contribution in [0, 0.1) is 0 Å². The van der Waals surface area contributed by atoms with Crippen molar-refractivity contribution in [1.29, 1.82) is 0 Å². The number of amides is 1. The van der Waals surface area contributed by atoms with Gasteiger partial charge in [-0.2, -0.15) is 0 Å². The van der Waals surface area contributed by atoms with Gasteiger partial charge in [0, 0.05) is 5.57 Å². The Morgan fingerprint density at radius 2 is 1.62 bits per heavy atom. The van der Waals surface area contributed by atoms with E-state index in [0.29, 0.717) is 0 Å². The van der Waals surface area contributed by atoms with E-state index in [4.69, 9.17) is 10.2 Å². The molecule has 0 aromatic carbocycles. The van der Waals surface area contributed by atoms with E-state index < -0.39 is 23.9 Å². The van der Waals surface area contributed by atoms with Crippen LogP contribution >= 0.6 is 0 Å². The zero-order valence-electron chi connectivity index (χ0n) is 6.90. The number of hydrogen-bond donors (Lipinski definition) is 3. The summed E-state index contributed by atoms with van der Waals surface area (Å²) in [6, 6.07) is -1.93. The summed E-state index contributed by atoms with van der Waals surface area (Å²) in [5, 5.41) is 18.5. The summed E-state index contributed by atoms with van der Waals surface area (Å²) in [5.41, 5.74) is 0.0486. The van der Waals surface area contributed by atoms with Crippen LogP contribution in [0.25, 0.3) is 0 Å². The molecular formula is C7H9NO5. The number of nitrogens with one attached hydrogen (secondary N) is 1. The summed E-state index contributed by atoms with van der Waals surface area (Å²) in [5.74, 6) is -4.04. The highest BCUT2D eigenvalue weighted by atomic mass is 16.4.